The third-order valence-corrected chi connectivity index (χ3v) is 5.68. The number of aryl methyl sites for hydroxylation is 2. The van der Waals surface area contributed by atoms with Crippen LogP contribution >= 0.6 is 11.3 Å². The van der Waals surface area contributed by atoms with Crippen molar-refractivity contribution in [3.63, 3.8) is 0 Å². The first-order chi connectivity index (χ1) is 9.49. The number of amides is 2. The van der Waals surface area contributed by atoms with E-state index in [0.717, 1.165) is 41.3 Å². The lowest BCUT2D eigenvalue weighted by atomic mass is 9.76. The molecule has 1 saturated heterocycles. The van der Waals surface area contributed by atoms with Crippen molar-refractivity contribution in [2.24, 2.45) is 5.41 Å². The third-order valence-electron chi connectivity index (χ3n) is 4.62. The fourth-order valence-electron chi connectivity index (χ4n) is 3.55. The van der Waals surface area contributed by atoms with E-state index in [9.17, 15) is 9.59 Å². The summed E-state index contributed by atoms with van der Waals surface area (Å²) in [5.41, 5.74) is 0.929. The topological polar surface area (TPSA) is 50.3 Å². The highest BCUT2D eigenvalue weighted by Gasteiger charge is 2.45. The molecule has 0 aromatic carbocycles. The minimum Gasteiger partial charge on any atom is -0.277 e. The Hall–Kier alpha value is -1.23. The number of likely N-dealkylation sites (tertiary alicyclic amines) is 1. The summed E-state index contributed by atoms with van der Waals surface area (Å²) in [5, 5.41) is 0.988. The van der Waals surface area contributed by atoms with Crippen LogP contribution in [0.1, 0.15) is 54.1 Å². The molecule has 2 aliphatic rings. The van der Waals surface area contributed by atoms with Crippen molar-refractivity contribution in [1.82, 2.24) is 9.88 Å². The Bertz CT molecular complexity index is 538. The molecule has 3 rings (SSSR count). The van der Waals surface area contributed by atoms with Gasteiger partial charge in [0, 0.05) is 17.7 Å². The molecular formula is C15H20N2O2S. The minimum absolute atomic E-state index is 0.00797. The van der Waals surface area contributed by atoms with Gasteiger partial charge in [0.1, 0.15) is 0 Å². The molecule has 0 atom stereocenters. The van der Waals surface area contributed by atoms with Crippen molar-refractivity contribution in [2.45, 2.75) is 58.9 Å². The standard InChI is InChI=1S/C15H20N2O2S/c1-10-12(20-11(2)16-10)9-17-13(18)7-15(8-14(17)19)5-3-4-6-15/h3-9H2,1-2H3. The quantitative estimate of drug-likeness (QED) is 0.787. The molecule has 108 valence electrons. The van der Waals surface area contributed by atoms with E-state index in [4.69, 9.17) is 0 Å². The second-order valence-corrected chi connectivity index (χ2v) is 7.46. The SMILES string of the molecule is Cc1nc(C)c(CN2C(=O)CC3(CCCC3)CC2=O)s1. The van der Waals surface area contributed by atoms with Crippen LogP contribution in [0.5, 0.6) is 0 Å². The van der Waals surface area contributed by atoms with E-state index < -0.39 is 0 Å². The normalized spacial score (nSPS) is 22.0. The van der Waals surface area contributed by atoms with Gasteiger partial charge in [-0.25, -0.2) is 4.98 Å². The van der Waals surface area contributed by atoms with E-state index in [0.29, 0.717) is 19.4 Å². The van der Waals surface area contributed by atoms with Crippen molar-refractivity contribution >= 4 is 23.2 Å². The summed E-state index contributed by atoms with van der Waals surface area (Å²) < 4.78 is 0. The van der Waals surface area contributed by atoms with Crippen LogP contribution in [0.3, 0.4) is 0 Å². The lowest BCUT2D eigenvalue weighted by molar-refractivity contribution is -0.154. The Labute approximate surface area is 123 Å². The van der Waals surface area contributed by atoms with Gasteiger partial charge in [0.05, 0.1) is 17.2 Å². The number of piperidine rings is 1. The van der Waals surface area contributed by atoms with Crippen LogP contribution in [0.15, 0.2) is 0 Å². The van der Waals surface area contributed by atoms with E-state index in [1.807, 2.05) is 13.8 Å². The van der Waals surface area contributed by atoms with Gasteiger partial charge in [0.2, 0.25) is 11.8 Å². The number of hydrogen-bond donors (Lipinski definition) is 0. The molecule has 2 heterocycles. The predicted octanol–water partition coefficient (Wildman–Crippen LogP) is 2.97. The number of nitrogens with zero attached hydrogens (tertiary/aromatic N) is 2. The van der Waals surface area contributed by atoms with Gasteiger partial charge in [-0.1, -0.05) is 12.8 Å². The average molecular weight is 292 g/mol. The van der Waals surface area contributed by atoms with E-state index in [-0.39, 0.29) is 17.2 Å². The van der Waals surface area contributed by atoms with Gasteiger partial charge >= 0.3 is 0 Å². The molecule has 0 radical (unpaired) electrons. The van der Waals surface area contributed by atoms with Crippen LogP contribution in [0.4, 0.5) is 0 Å². The lowest BCUT2D eigenvalue weighted by Crippen LogP contribution is -2.46. The molecule has 1 aromatic heterocycles. The van der Waals surface area contributed by atoms with Crippen LogP contribution in [0.25, 0.3) is 0 Å². The molecule has 1 aliphatic heterocycles. The summed E-state index contributed by atoms with van der Waals surface area (Å²) >= 11 is 1.58. The molecule has 0 bridgehead atoms. The number of rotatable bonds is 2. The van der Waals surface area contributed by atoms with Crippen molar-refractivity contribution in [3.8, 4) is 0 Å². The minimum atomic E-state index is -0.0106. The van der Waals surface area contributed by atoms with Crippen molar-refractivity contribution in [1.29, 1.82) is 0 Å². The van der Waals surface area contributed by atoms with Crippen LogP contribution in [0, 0.1) is 19.3 Å². The molecular weight excluding hydrogens is 272 g/mol. The Morgan fingerprint density at radius 2 is 1.75 bits per heavy atom. The van der Waals surface area contributed by atoms with Gasteiger partial charge in [-0.2, -0.15) is 0 Å². The predicted molar refractivity (Wildman–Crippen MR) is 77.3 cm³/mol. The van der Waals surface area contributed by atoms with E-state index in [1.54, 1.807) is 11.3 Å². The van der Waals surface area contributed by atoms with Gasteiger partial charge in [-0.15, -0.1) is 11.3 Å². The summed E-state index contributed by atoms with van der Waals surface area (Å²) in [6.07, 6.45) is 5.50. The van der Waals surface area contributed by atoms with Crippen LogP contribution < -0.4 is 0 Å². The molecule has 2 fully saturated rings. The van der Waals surface area contributed by atoms with E-state index >= 15 is 0 Å². The maximum Gasteiger partial charge on any atom is 0.230 e. The number of carbonyl (C=O) groups excluding carboxylic acids is 2. The zero-order valence-corrected chi connectivity index (χ0v) is 12.9. The van der Waals surface area contributed by atoms with Gasteiger partial charge < -0.3 is 0 Å². The second-order valence-electron chi connectivity index (χ2n) is 6.18. The van der Waals surface area contributed by atoms with Gasteiger partial charge in [-0.05, 0) is 32.1 Å². The first kappa shape index (κ1) is 13.7. The van der Waals surface area contributed by atoms with Crippen molar-refractivity contribution in [2.75, 3.05) is 0 Å². The molecule has 4 nitrogen and oxygen atoms in total. The highest BCUT2D eigenvalue weighted by atomic mass is 32.1. The highest BCUT2D eigenvalue weighted by Crippen LogP contribution is 2.47. The fourth-order valence-corrected chi connectivity index (χ4v) is 4.48. The monoisotopic (exact) mass is 292 g/mol. The zero-order chi connectivity index (χ0) is 14.3. The lowest BCUT2D eigenvalue weighted by Gasteiger charge is -2.37. The molecule has 1 saturated carbocycles. The molecule has 5 heteroatoms. The molecule has 1 aromatic rings. The van der Waals surface area contributed by atoms with E-state index in [1.165, 1.54) is 4.90 Å². The number of aromatic nitrogens is 1. The average Bonchev–Trinajstić information content (AvgIpc) is 2.92. The summed E-state index contributed by atoms with van der Waals surface area (Å²) in [7, 11) is 0. The Morgan fingerprint density at radius 3 is 2.25 bits per heavy atom. The summed E-state index contributed by atoms with van der Waals surface area (Å²) in [6, 6.07) is 0. The van der Waals surface area contributed by atoms with E-state index in [2.05, 4.69) is 4.98 Å². The highest BCUT2D eigenvalue weighted by molar-refractivity contribution is 7.11. The first-order valence-electron chi connectivity index (χ1n) is 7.25. The summed E-state index contributed by atoms with van der Waals surface area (Å²) in [6.45, 7) is 4.30. The Morgan fingerprint density at radius 1 is 1.15 bits per heavy atom. The second kappa shape index (κ2) is 4.95. The van der Waals surface area contributed by atoms with Crippen LogP contribution in [-0.2, 0) is 16.1 Å². The van der Waals surface area contributed by atoms with Gasteiger partial charge in [0.25, 0.3) is 0 Å². The number of thiazole rings is 1. The van der Waals surface area contributed by atoms with Crippen LogP contribution in [-0.4, -0.2) is 21.7 Å². The first-order valence-corrected chi connectivity index (χ1v) is 8.07. The van der Waals surface area contributed by atoms with Crippen LogP contribution in [0.2, 0.25) is 0 Å². The molecule has 1 spiro atoms. The van der Waals surface area contributed by atoms with Gasteiger partial charge in [-0.3, -0.25) is 14.5 Å². The number of hydrogen-bond acceptors (Lipinski definition) is 4. The summed E-state index contributed by atoms with van der Waals surface area (Å²) in [5.74, 6) is 0.0159. The molecule has 2 amide bonds. The number of carbonyl (C=O) groups is 2. The Balaban J connectivity index is 1.76. The molecule has 20 heavy (non-hydrogen) atoms. The zero-order valence-electron chi connectivity index (χ0n) is 12.1. The molecule has 1 aliphatic carbocycles. The number of imide groups is 1. The third kappa shape index (κ3) is 2.39. The maximum atomic E-state index is 12.4. The maximum absolute atomic E-state index is 12.4. The van der Waals surface area contributed by atoms with Crippen molar-refractivity contribution < 1.29 is 9.59 Å². The Kier molecular flexibility index (Phi) is 3.40. The fraction of sp³-hybridized carbons (Fsp3) is 0.667. The smallest absolute Gasteiger partial charge is 0.230 e. The molecule has 0 unspecified atom stereocenters. The molecule has 0 N–H and O–H groups in total. The largest absolute Gasteiger partial charge is 0.277 e. The van der Waals surface area contributed by atoms with Crippen molar-refractivity contribution in [3.05, 3.63) is 15.6 Å². The van der Waals surface area contributed by atoms with Gasteiger partial charge in [0.15, 0.2) is 0 Å². The summed E-state index contributed by atoms with van der Waals surface area (Å²) in [4.78, 5) is 31.6.